The summed E-state index contributed by atoms with van der Waals surface area (Å²) >= 11 is 0. The average molecular weight is 327 g/mol. The van der Waals surface area contributed by atoms with Gasteiger partial charge in [-0.25, -0.2) is 4.68 Å². The molecular formula is C19H14F3N2. The largest absolute Gasteiger partial charge is 0.416 e. The van der Waals surface area contributed by atoms with Gasteiger partial charge in [0.15, 0.2) is 0 Å². The van der Waals surface area contributed by atoms with Crippen molar-refractivity contribution < 1.29 is 13.2 Å². The van der Waals surface area contributed by atoms with Crippen LogP contribution in [-0.4, -0.2) is 9.78 Å². The second-order valence-corrected chi connectivity index (χ2v) is 5.88. The Bertz CT molecular complexity index is 879. The number of aryl methyl sites for hydroxylation is 1. The van der Waals surface area contributed by atoms with Crippen molar-refractivity contribution in [1.29, 1.82) is 0 Å². The maximum Gasteiger partial charge on any atom is 0.416 e. The molecule has 0 saturated heterocycles. The zero-order valence-electron chi connectivity index (χ0n) is 12.8. The van der Waals surface area contributed by atoms with E-state index in [-0.39, 0.29) is 0 Å². The smallest absolute Gasteiger partial charge is 0.233 e. The van der Waals surface area contributed by atoms with Crippen LogP contribution in [0.3, 0.4) is 0 Å². The van der Waals surface area contributed by atoms with Crippen molar-refractivity contribution in [3.63, 3.8) is 0 Å². The van der Waals surface area contributed by atoms with Crippen LogP contribution in [0.25, 0.3) is 16.9 Å². The standard InChI is InChI=1S/C19H14F3N2/c20-19(21,22)14-7-4-6-13(12-14)18-16-10-5-11-17(16)23-24(18)15-8-2-1-3-9-15/h2-4,6-9,12H,5,10-11H2. The highest BCUT2D eigenvalue weighted by Gasteiger charge is 2.31. The summed E-state index contributed by atoms with van der Waals surface area (Å²) in [7, 11) is 0. The van der Waals surface area contributed by atoms with Gasteiger partial charge in [-0.2, -0.15) is 18.3 Å². The van der Waals surface area contributed by atoms with Gasteiger partial charge in [0.05, 0.1) is 22.6 Å². The maximum atomic E-state index is 13.1. The lowest BCUT2D eigenvalue weighted by molar-refractivity contribution is -0.137. The highest BCUT2D eigenvalue weighted by atomic mass is 19.4. The Hall–Kier alpha value is -2.56. The van der Waals surface area contributed by atoms with Gasteiger partial charge in [-0.05, 0) is 49.6 Å². The van der Waals surface area contributed by atoms with E-state index in [1.807, 2.05) is 12.1 Å². The molecule has 0 aliphatic heterocycles. The first-order chi connectivity index (χ1) is 11.5. The van der Waals surface area contributed by atoms with E-state index in [1.165, 1.54) is 12.1 Å². The summed E-state index contributed by atoms with van der Waals surface area (Å²) in [6.07, 6.45) is -1.65. The Kier molecular flexibility index (Phi) is 3.44. The number of alkyl halides is 3. The predicted octanol–water partition coefficient (Wildman–Crippen LogP) is 4.85. The van der Waals surface area contributed by atoms with Crippen molar-refractivity contribution in [2.75, 3.05) is 0 Å². The predicted molar refractivity (Wildman–Crippen MR) is 84.9 cm³/mol. The van der Waals surface area contributed by atoms with Crippen LogP contribution in [0.15, 0.2) is 48.5 Å². The summed E-state index contributed by atoms with van der Waals surface area (Å²) in [5.74, 6) is 0. The van der Waals surface area contributed by atoms with Crippen molar-refractivity contribution in [3.05, 3.63) is 71.4 Å². The third-order valence-electron chi connectivity index (χ3n) is 4.32. The molecule has 4 rings (SSSR count). The molecule has 121 valence electrons. The van der Waals surface area contributed by atoms with E-state index in [0.29, 0.717) is 5.56 Å². The first-order valence-corrected chi connectivity index (χ1v) is 7.79. The van der Waals surface area contributed by atoms with Gasteiger partial charge in [0, 0.05) is 11.1 Å². The van der Waals surface area contributed by atoms with Gasteiger partial charge in [-0.3, -0.25) is 0 Å². The fourth-order valence-corrected chi connectivity index (χ4v) is 3.24. The van der Waals surface area contributed by atoms with E-state index in [0.717, 1.165) is 48.0 Å². The van der Waals surface area contributed by atoms with Crippen molar-refractivity contribution in [3.8, 4) is 16.9 Å². The zero-order chi connectivity index (χ0) is 16.7. The molecule has 3 aromatic rings. The zero-order valence-corrected chi connectivity index (χ0v) is 12.8. The molecule has 0 spiro atoms. The summed E-state index contributed by atoms with van der Waals surface area (Å²) in [5.41, 5.74) is 3.54. The molecule has 2 aromatic carbocycles. The number of fused-ring (bicyclic) bond motifs is 1. The molecule has 24 heavy (non-hydrogen) atoms. The van der Waals surface area contributed by atoms with Gasteiger partial charge in [0.25, 0.3) is 0 Å². The molecule has 0 N–H and O–H groups in total. The van der Waals surface area contributed by atoms with Crippen LogP contribution in [0, 0.1) is 6.07 Å². The monoisotopic (exact) mass is 327 g/mol. The van der Waals surface area contributed by atoms with Gasteiger partial charge >= 0.3 is 6.18 Å². The van der Waals surface area contributed by atoms with E-state index >= 15 is 0 Å². The molecule has 1 aliphatic rings. The molecule has 0 atom stereocenters. The summed E-state index contributed by atoms with van der Waals surface area (Å²) in [6, 6.07) is 15.7. The number of benzene rings is 2. The van der Waals surface area contributed by atoms with Crippen molar-refractivity contribution in [2.45, 2.75) is 25.4 Å². The number of hydrogen-bond acceptors (Lipinski definition) is 1. The molecule has 2 nitrogen and oxygen atoms in total. The van der Waals surface area contributed by atoms with Crippen molar-refractivity contribution in [2.24, 2.45) is 0 Å². The van der Waals surface area contributed by atoms with Crippen LogP contribution in [-0.2, 0) is 19.0 Å². The van der Waals surface area contributed by atoms with Gasteiger partial charge in [0.2, 0.25) is 0 Å². The molecule has 0 unspecified atom stereocenters. The topological polar surface area (TPSA) is 17.8 Å². The number of rotatable bonds is 2. The second kappa shape index (κ2) is 5.51. The van der Waals surface area contributed by atoms with Crippen LogP contribution in [0.1, 0.15) is 23.2 Å². The molecule has 1 heterocycles. The third kappa shape index (κ3) is 2.50. The lowest BCUT2D eigenvalue weighted by atomic mass is 10.0. The molecular weight excluding hydrogens is 313 g/mol. The Balaban J connectivity index is 1.92. The van der Waals surface area contributed by atoms with Gasteiger partial charge in [-0.15, -0.1) is 0 Å². The van der Waals surface area contributed by atoms with E-state index in [2.05, 4.69) is 11.2 Å². The highest BCUT2D eigenvalue weighted by molar-refractivity contribution is 5.68. The minimum Gasteiger partial charge on any atom is -0.233 e. The van der Waals surface area contributed by atoms with Crippen LogP contribution in [0.5, 0.6) is 0 Å². The van der Waals surface area contributed by atoms with Gasteiger partial charge < -0.3 is 0 Å². The highest BCUT2D eigenvalue weighted by Crippen LogP contribution is 2.37. The number of aromatic nitrogens is 2. The van der Waals surface area contributed by atoms with Gasteiger partial charge in [0.1, 0.15) is 0 Å². The van der Waals surface area contributed by atoms with E-state index in [9.17, 15) is 13.2 Å². The maximum absolute atomic E-state index is 13.1. The van der Waals surface area contributed by atoms with Crippen LogP contribution < -0.4 is 0 Å². The fraction of sp³-hybridized carbons (Fsp3) is 0.211. The van der Waals surface area contributed by atoms with Crippen LogP contribution in [0.4, 0.5) is 13.2 Å². The van der Waals surface area contributed by atoms with E-state index in [1.54, 1.807) is 22.9 Å². The molecule has 5 heteroatoms. The molecule has 1 aromatic heterocycles. The summed E-state index contributed by atoms with van der Waals surface area (Å²) in [5, 5.41) is 4.65. The number of nitrogens with zero attached hydrogens (tertiary/aromatic N) is 2. The van der Waals surface area contributed by atoms with Crippen LogP contribution in [0.2, 0.25) is 0 Å². The Morgan fingerprint density at radius 1 is 1.04 bits per heavy atom. The van der Waals surface area contributed by atoms with E-state index < -0.39 is 11.7 Å². The fourth-order valence-electron chi connectivity index (χ4n) is 3.24. The molecule has 1 aliphatic carbocycles. The molecule has 0 bridgehead atoms. The Morgan fingerprint density at radius 3 is 2.58 bits per heavy atom. The lowest BCUT2D eigenvalue weighted by Crippen LogP contribution is -2.06. The SMILES string of the molecule is FC(F)(F)c1cccc(-c2c3c(nn2-c2cc[c]cc2)CCC3)c1. The Labute approximate surface area is 137 Å². The van der Waals surface area contributed by atoms with Crippen molar-refractivity contribution >= 4 is 0 Å². The number of hydrogen-bond donors (Lipinski definition) is 0. The molecule has 0 saturated carbocycles. The lowest BCUT2D eigenvalue weighted by Gasteiger charge is -2.12. The second-order valence-electron chi connectivity index (χ2n) is 5.88. The minimum atomic E-state index is -4.36. The average Bonchev–Trinajstić information content (AvgIpc) is 3.15. The van der Waals surface area contributed by atoms with Crippen molar-refractivity contribution in [1.82, 2.24) is 9.78 Å². The van der Waals surface area contributed by atoms with Gasteiger partial charge in [-0.1, -0.05) is 24.3 Å². The quantitative estimate of drug-likeness (QED) is 0.658. The molecule has 1 radical (unpaired) electrons. The molecule has 0 fully saturated rings. The molecule has 0 amide bonds. The first kappa shape index (κ1) is 15.0. The third-order valence-corrected chi connectivity index (χ3v) is 4.32. The first-order valence-electron chi connectivity index (χ1n) is 7.79. The normalized spacial score (nSPS) is 14.0. The number of halogens is 3. The van der Waals surface area contributed by atoms with Crippen LogP contribution >= 0.6 is 0 Å². The summed E-state index contributed by atoms with van der Waals surface area (Å²) < 4.78 is 41.0. The Morgan fingerprint density at radius 2 is 1.83 bits per heavy atom. The summed E-state index contributed by atoms with van der Waals surface area (Å²) in [4.78, 5) is 0. The minimum absolute atomic E-state index is 0.549. The summed E-state index contributed by atoms with van der Waals surface area (Å²) in [6.45, 7) is 0. The van der Waals surface area contributed by atoms with E-state index in [4.69, 9.17) is 0 Å².